The van der Waals surface area contributed by atoms with Gasteiger partial charge in [-0.25, -0.2) is 0 Å². The molecule has 0 aliphatic rings. The fraction of sp³-hybridized carbons (Fsp3) is 0. The molecule has 0 saturated carbocycles. The molecule has 2 aromatic carbocycles. The molecule has 0 N–H and O–H groups in total. The highest BCUT2D eigenvalue weighted by Crippen LogP contribution is 2.53. The van der Waals surface area contributed by atoms with Gasteiger partial charge in [-0.05, 0) is 22.3 Å². The lowest BCUT2D eigenvalue weighted by atomic mass is 10.2. The summed E-state index contributed by atoms with van der Waals surface area (Å²) in [5.41, 5.74) is 1.22. The summed E-state index contributed by atoms with van der Waals surface area (Å²) in [5.74, 6) is 0. The predicted octanol–water partition coefficient (Wildman–Crippen LogP) is 6.10. The van der Waals surface area contributed by atoms with Crippen molar-refractivity contribution in [3.05, 3.63) is 78.6 Å². The molecule has 3 rings (SSSR count). The first kappa shape index (κ1) is 12.0. The molecule has 1 aromatic heterocycles. The number of benzene rings is 2. The van der Waals surface area contributed by atoms with E-state index in [1.807, 2.05) is 12.2 Å². The van der Waals surface area contributed by atoms with E-state index in [0.29, 0.717) is 0 Å². The summed E-state index contributed by atoms with van der Waals surface area (Å²) in [6.07, 6.45) is 3.94. The summed E-state index contributed by atoms with van der Waals surface area (Å²) < 4.78 is 0. The van der Waals surface area contributed by atoms with Crippen LogP contribution in [0.2, 0.25) is 0 Å². The minimum Gasteiger partial charge on any atom is -0.0984 e. The molecule has 0 aliphatic carbocycles. The largest absolute Gasteiger partial charge is 0.0984 e. The van der Waals surface area contributed by atoms with Crippen LogP contribution in [0.4, 0.5) is 0 Å². The highest BCUT2D eigenvalue weighted by atomic mass is 31.1. The zero-order valence-corrected chi connectivity index (χ0v) is 11.6. The Kier molecular flexibility index (Phi) is 3.11. The fourth-order valence-corrected chi connectivity index (χ4v) is 5.02. The summed E-state index contributed by atoms with van der Waals surface area (Å²) in [6.45, 7) is 7.91. The second-order valence-electron chi connectivity index (χ2n) is 4.43. The maximum Gasteiger partial charge on any atom is 0.00622 e. The van der Waals surface area contributed by atoms with Gasteiger partial charge in [0.05, 0.1) is 0 Å². The van der Waals surface area contributed by atoms with Crippen molar-refractivity contribution in [2.75, 3.05) is 0 Å². The van der Waals surface area contributed by atoms with E-state index in [1.54, 1.807) is 0 Å². The van der Waals surface area contributed by atoms with E-state index in [0.717, 1.165) is 0 Å². The molecule has 0 saturated heterocycles. The van der Waals surface area contributed by atoms with Gasteiger partial charge in [0.1, 0.15) is 0 Å². The third-order valence-electron chi connectivity index (χ3n) is 3.35. The lowest BCUT2D eigenvalue weighted by Crippen LogP contribution is -1.75. The molecule has 1 unspecified atom stereocenters. The van der Waals surface area contributed by atoms with E-state index in [4.69, 9.17) is 0 Å². The maximum atomic E-state index is 3.98. The summed E-state index contributed by atoms with van der Waals surface area (Å²) in [6, 6.07) is 19.4. The van der Waals surface area contributed by atoms with Crippen LogP contribution in [0.1, 0.15) is 10.9 Å². The summed E-state index contributed by atoms with van der Waals surface area (Å²) >= 11 is 0. The van der Waals surface area contributed by atoms with Crippen LogP contribution in [0.15, 0.2) is 67.8 Å². The van der Waals surface area contributed by atoms with Gasteiger partial charge in [-0.15, -0.1) is 0 Å². The third-order valence-corrected chi connectivity index (χ3v) is 5.95. The van der Waals surface area contributed by atoms with Crippen LogP contribution in [0.3, 0.4) is 0 Å². The Morgan fingerprint density at radius 1 is 0.842 bits per heavy atom. The number of hydrogen-bond donors (Lipinski definition) is 0. The van der Waals surface area contributed by atoms with Gasteiger partial charge in [0.15, 0.2) is 0 Å². The molecule has 0 bridgehead atoms. The molecule has 0 spiro atoms. The Morgan fingerprint density at radius 3 is 2.37 bits per heavy atom. The monoisotopic (exact) mass is 262 g/mol. The molecule has 3 aromatic rings. The molecule has 0 radical (unpaired) electrons. The van der Waals surface area contributed by atoms with Gasteiger partial charge in [-0.1, -0.05) is 81.4 Å². The van der Waals surface area contributed by atoms with Crippen molar-refractivity contribution in [1.82, 2.24) is 0 Å². The van der Waals surface area contributed by atoms with Crippen molar-refractivity contribution in [2.45, 2.75) is 0 Å². The standard InChI is InChI=1S/C18H15P/c1-3-14-9-5-7-11-17(14)19-16(4-2)13-15-10-6-8-12-18(15)19/h3-13H,1-2H2. The van der Waals surface area contributed by atoms with Gasteiger partial charge in [-0.2, -0.15) is 0 Å². The Labute approximate surface area is 114 Å². The molecule has 0 aliphatic heterocycles. The molecule has 1 atom stereocenters. The SMILES string of the molecule is C=Cc1ccccc1-p1c(C=C)cc2ccccc21. The highest BCUT2D eigenvalue weighted by molar-refractivity contribution is 7.64. The second kappa shape index (κ2) is 4.91. The Bertz CT molecular complexity index is 762. The van der Waals surface area contributed by atoms with Crippen LogP contribution in [0.5, 0.6) is 0 Å². The summed E-state index contributed by atoms with van der Waals surface area (Å²) in [4.78, 5) is 0. The van der Waals surface area contributed by atoms with Gasteiger partial charge in [0.25, 0.3) is 0 Å². The molecule has 19 heavy (non-hydrogen) atoms. The van der Waals surface area contributed by atoms with E-state index >= 15 is 0 Å². The maximum absolute atomic E-state index is 3.98. The van der Waals surface area contributed by atoms with Crippen LogP contribution in [0.25, 0.3) is 28.0 Å². The van der Waals surface area contributed by atoms with E-state index < -0.39 is 7.53 Å². The minimum absolute atomic E-state index is 0.474. The van der Waals surface area contributed by atoms with Gasteiger partial charge in [0.2, 0.25) is 0 Å². The summed E-state index contributed by atoms with van der Waals surface area (Å²) in [7, 11) is -0.474. The third kappa shape index (κ3) is 1.95. The molecule has 92 valence electrons. The van der Waals surface area contributed by atoms with Gasteiger partial charge in [0, 0.05) is 10.4 Å². The number of hydrogen-bond acceptors (Lipinski definition) is 0. The predicted molar refractivity (Wildman–Crippen MR) is 88.2 cm³/mol. The second-order valence-corrected chi connectivity index (χ2v) is 6.58. The van der Waals surface area contributed by atoms with Crippen molar-refractivity contribution in [1.29, 1.82) is 0 Å². The van der Waals surface area contributed by atoms with Crippen LogP contribution in [0, 0.1) is 0 Å². The van der Waals surface area contributed by atoms with Crippen LogP contribution in [-0.4, -0.2) is 0 Å². The first-order valence-corrected chi connectivity index (χ1v) is 7.64. The van der Waals surface area contributed by atoms with Crippen LogP contribution >= 0.6 is 7.53 Å². The molecule has 1 heterocycles. The Balaban J connectivity index is 2.41. The van der Waals surface area contributed by atoms with Gasteiger partial charge < -0.3 is 0 Å². The van der Waals surface area contributed by atoms with Gasteiger partial charge >= 0.3 is 0 Å². The van der Waals surface area contributed by atoms with E-state index in [2.05, 4.69) is 67.8 Å². The first-order valence-electron chi connectivity index (χ1n) is 6.30. The Morgan fingerprint density at radius 2 is 1.58 bits per heavy atom. The van der Waals surface area contributed by atoms with Crippen LogP contribution < -0.4 is 0 Å². The zero-order chi connectivity index (χ0) is 13.2. The molecule has 0 nitrogen and oxygen atoms in total. The number of fused-ring (bicyclic) bond motifs is 1. The van der Waals surface area contributed by atoms with E-state index in [-0.39, 0.29) is 0 Å². The van der Waals surface area contributed by atoms with Gasteiger partial charge in [-0.3, -0.25) is 0 Å². The number of rotatable bonds is 3. The normalized spacial score (nSPS) is 11.5. The van der Waals surface area contributed by atoms with E-state index in [9.17, 15) is 0 Å². The van der Waals surface area contributed by atoms with Crippen molar-refractivity contribution in [3.8, 4) is 5.30 Å². The topological polar surface area (TPSA) is 0 Å². The molecule has 1 heteroatoms. The first-order chi connectivity index (χ1) is 9.35. The van der Waals surface area contributed by atoms with Crippen molar-refractivity contribution in [3.63, 3.8) is 0 Å². The Hall–Kier alpha value is -2.04. The minimum atomic E-state index is -0.474. The van der Waals surface area contributed by atoms with Crippen molar-refractivity contribution < 1.29 is 0 Å². The van der Waals surface area contributed by atoms with Crippen LogP contribution in [-0.2, 0) is 0 Å². The van der Waals surface area contributed by atoms with E-state index in [1.165, 1.54) is 26.7 Å². The summed E-state index contributed by atoms with van der Waals surface area (Å²) in [5, 5.41) is 5.43. The van der Waals surface area contributed by atoms with Crippen molar-refractivity contribution in [2.24, 2.45) is 0 Å². The fourth-order valence-electron chi connectivity index (χ4n) is 2.46. The highest BCUT2D eigenvalue weighted by Gasteiger charge is 2.11. The van der Waals surface area contributed by atoms with Crippen molar-refractivity contribution >= 4 is 30.2 Å². The molecule has 0 amide bonds. The zero-order valence-electron chi connectivity index (χ0n) is 10.7. The lowest BCUT2D eigenvalue weighted by molar-refractivity contribution is 1.71. The molecular formula is C18H15P. The lowest BCUT2D eigenvalue weighted by Gasteiger charge is -2.08. The average molecular weight is 262 g/mol. The average Bonchev–Trinajstić information content (AvgIpc) is 2.85. The quantitative estimate of drug-likeness (QED) is 0.534. The molecule has 0 fully saturated rings. The smallest absolute Gasteiger partial charge is 0.00622 e. The molecular weight excluding hydrogens is 247 g/mol.